The summed E-state index contributed by atoms with van der Waals surface area (Å²) in [7, 11) is 0. The van der Waals surface area contributed by atoms with Gasteiger partial charge in [-0.1, -0.05) is 12.1 Å². The number of carbonyl (C=O) groups excluding carboxylic acids is 3. The number of amides is 4. The van der Waals surface area contributed by atoms with Crippen molar-refractivity contribution in [1.82, 2.24) is 25.1 Å². The van der Waals surface area contributed by atoms with Gasteiger partial charge in [-0.05, 0) is 17.7 Å². The molecule has 2 aliphatic rings. The van der Waals surface area contributed by atoms with Crippen LogP contribution in [0.15, 0.2) is 30.6 Å². The number of phenols is 1. The number of benzene rings is 1. The Morgan fingerprint density at radius 2 is 2.19 bits per heavy atom. The molecule has 0 aliphatic carbocycles. The second kappa shape index (κ2) is 6.17. The summed E-state index contributed by atoms with van der Waals surface area (Å²) in [6, 6.07) is 6.29. The molecule has 1 unspecified atom stereocenters. The van der Waals surface area contributed by atoms with Crippen LogP contribution in [0.25, 0.3) is 0 Å². The maximum Gasteiger partial charge on any atom is 0.325 e. The molecule has 2 aliphatic heterocycles. The normalized spacial score (nSPS) is 19.5. The standard InChI is InChI=1S/C17H17N5O4/c23-11-3-1-2-10(4-11)12-6-21(7-13-16(12)20-9-19-13)15(25)8-22-14(24)5-18-17(22)26/h1-4,9,12,23H,5-8H2,(H,18,26)(H,19,20). The third kappa shape index (κ3) is 2.77. The van der Waals surface area contributed by atoms with E-state index in [1.165, 1.54) is 0 Å². The molecule has 0 bridgehead atoms. The molecule has 134 valence electrons. The number of rotatable bonds is 3. The minimum Gasteiger partial charge on any atom is -0.508 e. The van der Waals surface area contributed by atoms with Crippen LogP contribution in [-0.2, 0) is 16.1 Å². The number of carbonyl (C=O) groups is 3. The van der Waals surface area contributed by atoms with E-state index >= 15 is 0 Å². The first-order valence-corrected chi connectivity index (χ1v) is 8.20. The van der Waals surface area contributed by atoms with Crippen LogP contribution in [0, 0.1) is 0 Å². The van der Waals surface area contributed by atoms with E-state index in [0.29, 0.717) is 13.1 Å². The Morgan fingerprint density at radius 3 is 2.92 bits per heavy atom. The zero-order valence-electron chi connectivity index (χ0n) is 13.8. The van der Waals surface area contributed by atoms with Crippen molar-refractivity contribution in [2.75, 3.05) is 19.6 Å². The van der Waals surface area contributed by atoms with Crippen molar-refractivity contribution in [1.29, 1.82) is 0 Å². The summed E-state index contributed by atoms with van der Waals surface area (Å²) < 4.78 is 0. The van der Waals surface area contributed by atoms with Gasteiger partial charge in [0.1, 0.15) is 12.3 Å². The molecule has 1 aromatic heterocycles. The molecule has 3 heterocycles. The highest BCUT2D eigenvalue weighted by atomic mass is 16.3. The molecule has 9 nitrogen and oxygen atoms in total. The van der Waals surface area contributed by atoms with E-state index in [4.69, 9.17) is 0 Å². The Bertz CT molecular complexity index is 877. The smallest absolute Gasteiger partial charge is 0.325 e. The number of H-pyrrole nitrogens is 1. The van der Waals surface area contributed by atoms with Gasteiger partial charge in [-0.2, -0.15) is 0 Å². The van der Waals surface area contributed by atoms with Crippen molar-refractivity contribution in [2.24, 2.45) is 0 Å². The maximum absolute atomic E-state index is 12.7. The fraction of sp³-hybridized carbons (Fsp3) is 0.294. The van der Waals surface area contributed by atoms with E-state index in [-0.39, 0.29) is 30.7 Å². The van der Waals surface area contributed by atoms with Crippen molar-refractivity contribution < 1.29 is 19.5 Å². The van der Waals surface area contributed by atoms with Crippen molar-refractivity contribution >= 4 is 17.8 Å². The van der Waals surface area contributed by atoms with Gasteiger partial charge in [-0.15, -0.1) is 0 Å². The van der Waals surface area contributed by atoms with Gasteiger partial charge in [0, 0.05) is 12.5 Å². The SMILES string of the molecule is O=C(CN1C(=O)CNC1=O)N1Cc2[nH]cnc2C(c2cccc(O)c2)C1. The highest BCUT2D eigenvalue weighted by Crippen LogP contribution is 2.32. The van der Waals surface area contributed by atoms with Crippen LogP contribution in [0.4, 0.5) is 4.79 Å². The van der Waals surface area contributed by atoms with E-state index in [1.54, 1.807) is 29.4 Å². The lowest BCUT2D eigenvalue weighted by atomic mass is 9.90. The lowest BCUT2D eigenvalue weighted by molar-refractivity contribution is -0.137. The van der Waals surface area contributed by atoms with Gasteiger partial charge in [0.2, 0.25) is 5.91 Å². The molecule has 2 aromatic rings. The fourth-order valence-corrected chi connectivity index (χ4v) is 3.37. The lowest BCUT2D eigenvalue weighted by Crippen LogP contribution is -2.46. The lowest BCUT2D eigenvalue weighted by Gasteiger charge is -2.33. The van der Waals surface area contributed by atoms with E-state index in [0.717, 1.165) is 21.9 Å². The minimum atomic E-state index is -0.549. The predicted molar refractivity (Wildman–Crippen MR) is 89.1 cm³/mol. The van der Waals surface area contributed by atoms with E-state index in [9.17, 15) is 19.5 Å². The zero-order chi connectivity index (χ0) is 18.3. The number of hydrogen-bond acceptors (Lipinski definition) is 5. The molecule has 0 spiro atoms. The molecule has 1 fully saturated rings. The van der Waals surface area contributed by atoms with Crippen LogP contribution in [0.2, 0.25) is 0 Å². The van der Waals surface area contributed by atoms with Gasteiger partial charge >= 0.3 is 6.03 Å². The van der Waals surface area contributed by atoms with Gasteiger partial charge < -0.3 is 20.3 Å². The molecule has 3 N–H and O–H groups in total. The molecular weight excluding hydrogens is 338 g/mol. The first-order valence-electron chi connectivity index (χ1n) is 8.20. The molecule has 26 heavy (non-hydrogen) atoms. The summed E-state index contributed by atoms with van der Waals surface area (Å²) in [6.07, 6.45) is 1.58. The fourth-order valence-electron chi connectivity index (χ4n) is 3.37. The van der Waals surface area contributed by atoms with Crippen molar-refractivity contribution in [3.63, 3.8) is 0 Å². The monoisotopic (exact) mass is 355 g/mol. The van der Waals surface area contributed by atoms with Crippen LogP contribution in [-0.4, -0.2) is 62.4 Å². The highest BCUT2D eigenvalue weighted by Gasteiger charge is 2.35. The Balaban J connectivity index is 1.58. The van der Waals surface area contributed by atoms with Crippen LogP contribution in [0.3, 0.4) is 0 Å². The third-order valence-electron chi connectivity index (χ3n) is 4.69. The highest BCUT2D eigenvalue weighted by molar-refractivity contribution is 6.04. The van der Waals surface area contributed by atoms with Crippen LogP contribution >= 0.6 is 0 Å². The molecule has 0 radical (unpaired) electrons. The molecule has 9 heteroatoms. The van der Waals surface area contributed by atoms with E-state index < -0.39 is 11.9 Å². The van der Waals surface area contributed by atoms with Crippen molar-refractivity contribution in [3.8, 4) is 5.75 Å². The van der Waals surface area contributed by atoms with E-state index in [1.807, 2.05) is 6.07 Å². The summed E-state index contributed by atoms with van der Waals surface area (Å²) in [6.45, 7) is 0.306. The quantitative estimate of drug-likeness (QED) is 0.677. The Labute approximate surface area is 148 Å². The first-order chi connectivity index (χ1) is 12.5. The number of nitrogens with one attached hydrogen (secondary N) is 2. The van der Waals surface area contributed by atoms with Crippen molar-refractivity contribution in [2.45, 2.75) is 12.5 Å². The number of hydrogen-bond donors (Lipinski definition) is 3. The third-order valence-corrected chi connectivity index (χ3v) is 4.69. The summed E-state index contributed by atoms with van der Waals surface area (Å²) in [5, 5.41) is 12.2. The average molecular weight is 355 g/mol. The predicted octanol–water partition coefficient (Wildman–Crippen LogP) is 0.141. The zero-order valence-corrected chi connectivity index (χ0v) is 13.8. The van der Waals surface area contributed by atoms with Gasteiger partial charge in [0.25, 0.3) is 5.91 Å². The number of fused-ring (bicyclic) bond motifs is 1. The number of imide groups is 1. The molecule has 4 rings (SSSR count). The summed E-state index contributed by atoms with van der Waals surface area (Å²) >= 11 is 0. The molecule has 0 saturated carbocycles. The molecule has 1 aromatic carbocycles. The number of imidazole rings is 1. The topological polar surface area (TPSA) is 119 Å². The Hall–Kier alpha value is -3.36. The van der Waals surface area contributed by atoms with Gasteiger partial charge in [-0.3, -0.25) is 14.5 Å². The van der Waals surface area contributed by atoms with Crippen LogP contribution < -0.4 is 5.32 Å². The number of nitrogens with zero attached hydrogens (tertiary/aromatic N) is 3. The number of aromatic hydroxyl groups is 1. The van der Waals surface area contributed by atoms with Gasteiger partial charge in [0.05, 0.1) is 30.8 Å². The maximum atomic E-state index is 12.7. The summed E-state index contributed by atoms with van der Waals surface area (Å²) in [4.78, 5) is 46.0. The van der Waals surface area contributed by atoms with Gasteiger partial charge in [-0.25, -0.2) is 9.78 Å². The van der Waals surface area contributed by atoms with Crippen LogP contribution in [0.1, 0.15) is 22.9 Å². The summed E-state index contributed by atoms with van der Waals surface area (Å²) in [5.74, 6) is -0.792. The van der Waals surface area contributed by atoms with Crippen molar-refractivity contribution in [3.05, 3.63) is 47.5 Å². The number of urea groups is 1. The minimum absolute atomic E-state index is 0.0806. The molecule has 4 amide bonds. The Morgan fingerprint density at radius 1 is 1.35 bits per heavy atom. The molecule has 1 saturated heterocycles. The van der Waals surface area contributed by atoms with Crippen LogP contribution in [0.5, 0.6) is 5.75 Å². The second-order valence-corrected chi connectivity index (χ2v) is 6.33. The first kappa shape index (κ1) is 16.1. The summed E-state index contributed by atoms with van der Waals surface area (Å²) in [5.41, 5.74) is 2.47. The van der Waals surface area contributed by atoms with E-state index in [2.05, 4.69) is 15.3 Å². The number of phenolic OH excluding ortho intramolecular Hbond substituents is 1. The number of aromatic nitrogens is 2. The molecular formula is C17H17N5O4. The largest absolute Gasteiger partial charge is 0.508 e. The van der Waals surface area contributed by atoms with Gasteiger partial charge in [0.15, 0.2) is 0 Å². The second-order valence-electron chi connectivity index (χ2n) is 6.33. The average Bonchev–Trinajstić information content (AvgIpc) is 3.22. The number of aromatic amines is 1. The Kier molecular flexibility index (Phi) is 3.83. The molecule has 1 atom stereocenters.